The SMILES string of the molecule is CC(C)COc1ccc(-c2nn(-c3ccccc3)cc2/C=C(/C#N)c2nc3ccccc3[nH]2)cc1. The Morgan fingerprint density at radius 1 is 1.03 bits per heavy atom. The lowest BCUT2D eigenvalue weighted by Gasteiger charge is -2.09. The van der Waals surface area contributed by atoms with Crippen LogP contribution in [0, 0.1) is 17.2 Å². The fourth-order valence-corrected chi connectivity index (χ4v) is 3.79. The first-order valence-corrected chi connectivity index (χ1v) is 11.6. The molecular formula is C29H25N5O. The van der Waals surface area contributed by atoms with Gasteiger partial charge in [0.1, 0.15) is 17.6 Å². The van der Waals surface area contributed by atoms with Crippen molar-refractivity contribution in [2.75, 3.05) is 6.61 Å². The quantitative estimate of drug-likeness (QED) is 0.281. The molecule has 6 nitrogen and oxygen atoms in total. The van der Waals surface area contributed by atoms with E-state index >= 15 is 0 Å². The van der Waals surface area contributed by atoms with Gasteiger partial charge in [-0.2, -0.15) is 10.4 Å². The van der Waals surface area contributed by atoms with E-state index in [4.69, 9.17) is 9.84 Å². The van der Waals surface area contributed by atoms with Gasteiger partial charge in [-0.3, -0.25) is 0 Å². The third-order valence-corrected chi connectivity index (χ3v) is 5.54. The molecule has 0 atom stereocenters. The van der Waals surface area contributed by atoms with Crippen molar-refractivity contribution < 1.29 is 4.74 Å². The second-order valence-electron chi connectivity index (χ2n) is 8.71. The van der Waals surface area contributed by atoms with Gasteiger partial charge >= 0.3 is 0 Å². The van der Waals surface area contributed by atoms with Crippen molar-refractivity contribution in [3.63, 3.8) is 0 Å². The molecule has 0 aliphatic carbocycles. The molecule has 5 rings (SSSR count). The summed E-state index contributed by atoms with van der Waals surface area (Å²) in [5, 5.41) is 14.8. The predicted octanol–water partition coefficient (Wildman–Crippen LogP) is 6.51. The Labute approximate surface area is 204 Å². The molecule has 0 saturated heterocycles. The van der Waals surface area contributed by atoms with Gasteiger partial charge in [-0.1, -0.05) is 44.2 Å². The number of nitrogens with one attached hydrogen (secondary N) is 1. The molecule has 0 aliphatic rings. The van der Waals surface area contributed by atoms with E-state index in [2.05, 4.69) is 29.9 Å². The summed E-state index contributed by atoms with van der Waals surface area (Å²) in [6.45, 7) is 4.91. The number of hydrogen-bond acceptors (Lipinski definition) is 4. The average Bonchev–Trinajstić information content (AvgIpc) is 3.51. The third-order valence-electron chi connectivity index (χ3n) is 5.54. The smallest absolute Gasteiger partial charge is 0.149 e. The highest BCUT2D eigenvalue weighted by Crippen LogP contribution is 2.29. The summed E-state index contributed by atoms with van der Waals surface area (Å²) >= 11 is 0. The van der Waals surface area contributed by atoms with Gasteiger partial charge in [0.25, 0.3) is 0 Å². The molecule has 0 unspecified atom stereocenters. The molecule has 2 heterocycles. The second-order valence-corrected chi connectivity index (χ2v) is 8.71. The summed E-state index contributed by atoms with van der Waals surface area (Å²) in [6.07, 6.45) is 3.77. The van der Waals surface area contributed by atoms with Crippen molar-refractivity contribution in [3.8, 4) is 28.8 Å². The zero-order chi connectivity index (χ0) is 24.2. The Bertz CT molecular complexity index is 1490. The van der Waals surface area contributed by atoms with E-state index in [-0.39, 0.29) is 0 Å². The molecule has 5 aromatic rings. The number of hydrogen-bond donors (Lipinski definition) is 1. The van der Waals surface area contributed by atoms with Crippen LogP contribution in [0.15, 0.2) is 85.1 Å². The van der Waals surface area contributed by atoms with Crippen molar-refractivity contribution in [1.29, 1.82) is 5.26 Å². The molecule has 2 aromatic heterocycles. The summed E-state index contributed by atoms with van der Waals surface area (Å²) in [5.41, 5.74) is 5.61. The van der Waals surface area contributed by atoms with Crippen LogP contribution in [0.25, 0.3) is 39.6 Å². The molecule has 3 aromatic carbocycles. The number of ether oxygens (including phenoxy) is 1. The minimum atomic E-state index is 0.437. The first-order valence-electron chi connectivity index (χ1n) is 11.6. The highest BCUT2D eigenvalue weighted by atomic mass is 16.5. The van der Waals surface area contributed by atoms with Crippen LogP contribution in [0.4, 0.5) is 0 Å². The van der Waals surface area contributed by atoms with Crippen molar-refractivity contribution in [3.05, 3.63) is 96.4 Å². The Morgan fingerprint density at radius 3 is 2.49 bits per heavy atom. The molecule has 0 saturated carbocycles. The maximum Gasteiger partial charge on any atom is 0.149 e. The highest BCUT2D eigenvalue weighted by Gasteiger charge is 2.15. The molecule has 0 radical (unpaired) electrons. The summed E-state index contributed by atoms with van der Waals surface area (Å²) in [5.74, 6) is 1.81. The van der Waals surface area contributed by atoms with Gasteiger partial charge in [0.05, 0.1) is 34.6 Å². The van der Waals surface area contributed by atoms with Crippen LogP contribution in [-0.2, 0) is 0 Å². The molecule has 172 valence electrons. The fourth-order valence-electron chi connectivity index (χ4n) is 3.79. The molecule has 0 amide bonds. The Hall–Kier alpha value is -4.63. The first kappa shape index (κ1) is 22.2. The molecule has 0 bridgehead atoms. The topological polar surface area (TPSA) is 79.5 Å². The van der Waals surface area contributed by atoms with Crippen LogP contribution in [0.3, 0.4) is 0 Å². The summed E-state index contributed by atoms with van der Waals surface area (Å²) in [6, 6.07) is 27.9. The van der Waals surface area contributed by atoms with Crippen LogP contribution in [-0.4, -0.2) is 26.4 Å². The van der Waals surface area contributed by atoms with E-state index in [0.717, 1.165) is 39.3 Å². The van der Waals surface area contributed by atoms with Crippen molar-refractivity contribution >= 4 is 22.7 Å². The Kier molecular flexibility index (Phi) is 6.15. The summed E-state index contributed by atoms with van der Waals surface area (Å²) < 4.78 is 7.67. The predicted molar refractivity (Wildman–Crippen MR) is 139 cm³/mol. The molecule has 0 aliphatic heterocycles. The number of nitriles is 1. The number of nitrogens with zero attached hydrogens (tertiary/aromatic N) is 4. The Morgan fingerprint density at radius 2 is 1.77 bits per heavy atom. The van der Waals surface area contributed by atoms with Crippen molar-refractivity contribution in [2.45, 2.75) is 13.8 Å². The molecule has 0 spiro atoms. The maximum atomic E-state index is 9.97. The van der Waals surface area contributed by atoms with E-state index in [0.29, 0.717) is 23.9 Å². The molecule has 1 N–H and O–H groups in total. The standard InChI is InChI=1S/C29H25N5O/c1-20(2)19-35-25-14-12-21(13-15-25)28-23(18-34(33-28)24-8-4-3-5-9-24)16-22(17-30)29-31-26-10-6-7-11-27(26)32-29/h3-16,18,20H,19H2,1-2H3,(H,31,32)/b22-16-. The summed E-state index contributed by atoms with van der Waals surface area (Å²) in [7, 11) is 0. The van der Waals surface area contributed by atoms with Gasteiger partial charge in [0.15, 0.2) is 0 Å². The van der Waals surface area contributed by atoms with Gasteiger partial charge in [-0.25, -0.2) is 9.67 Å². The second kappa shape index (κ2) is 9.70. The normalized spacial score (nSPS) is 11.7. The minimum Gasteiger partial charge on any atom is -0.493 e. The third kappa shape index (κ3) is 4.85. The van der Waals surface area contributed by atoms with E-state index in [1.807, 2.05) is 95.8 Å². The van der Waals surface area contributed by atoms with Crippen LogP contribution in [0.5, 0.6) is 5.75 Å². The van der Waals surface area contributed by atoms with Crippen LogP contribution in [0.2, 0.25) is 0 Å². The van der Waals surface area contributed by atoms with Gasteiger partial charge in [0.2, 0.25) is 0 Å². The fraction of sp³-hybridized carbons (Fsp3) is 0.138. The number of rotatable bonds is 7. The van der Waals surface area contributed by atoms with E-state index in [1.54, 1.807) is 0 Å². The molecule has 0 fully saturated rings. The zero-order valence-electron chi connectivity index (χ0n) is 19.6. The highest BCUT2D eigenvalue weighted by molar-refractivity contribution is 5.92. The number of imidazole rings is 1. The van der Waals surface area contributed by atoms with E-state index < -0.39 is 0 Å². The minimum absolute atomic E-state index is 0.437. The zero-order valence-corrected chi connectivity index (χ0v) is 19.6. The lowest BCUT2D eigenvalue weighted by atomic mass is 10.1. The van der Waals surface area contributed by atoms with Gasteiger partial charge in [0, 0.05) is 17.3 Å². The molecule has 35 heavy (non-hydrogen) atoms. The number of para-hydroxylation sites is 3. The largest absolute Gasteiger partial charge is 0.493 e. The number of aromatic nitrogens is 4. The van der Waals surface area contributed by atoms with Gasteiger partial charge < -0.3 is 9.72 Å². The van der Waals surface area contributed by atoms with Crippen LogP contribution in [0.1, 0.15) is 25.2 Å². The Balaban J connectivity index is 1.57. The lowest BCUT2D eigenvalue weighted by Crippen LogP contribution is -2.04. The van der Waals surface area contributed by atoms with Crippen molar-refractivity contribution in [2.24, 2.45) is 5.92 Å². The van der Waals surface area contributed by atoms with Crippen molar-refractivity contribution in [1.82, 2.24) is 19.7 Å². The number of benzene rings is 3. The number of fused-ring (bicyclic) bond motifs is 1. The first-order chi connectivity index (χ1) is 17.1. The number of allylic oxidation sites excluding steroid dienone is 1. The van der Waals surface area contributed by atoms with E-state index in [9.17, 15) is 5.26 Å². The van der Waals surface area contributed by atoms with Gasteiger partial charge in [-0.15, -0.1) is 0 Å². The van der Waals surface area contributed by atoms with E-state index in [1.165, 1.54) is 0 Å². The monoisotopic (exact) mass is 459 g/mol. The summed E-state index contributed by atoms with van der Waals surface area (Å²) in [4.78, 5) is 7.85. The number of H-pyrrole nitrogens is 1. The molecule has 6 heteroatoms. The average molecular weight is 460 g/mol. The van der Waals surface area contributed by atoms with Crippen LogP contribution < -0.4 is 4.74 Å². The maximum absolute atomic E-state index is 9.97. The number of aromatic amines is 1. The van der Waals surface area contributed by atoms with Gasteiger partial charge in [-0.05, 0) is 60.5 Å². The lowest BCUT2D eigenvalue weighted by molar-refractivity contribution is 0.271. The molecular weight excluding hydrogens is 434 g/mol. The van der Waals surface area contributed by atoms with Crippen LogP contribution >= 0.6 is 0 Å².